The lowest BCUT2D eigenvalue weighted by Gasteiger charge is -2.10. The van der Waals surface area contributed by atoms with Crippen LogP contribution in [0.4, 0.5) is 5.82 Å². The Hall–Kier alpha value is -4.04. The van der Waals surface area contributed by atoms with Gasteiger partial charge in [0.15, 0.2) is 11.5 Å². The van der Waals surface area contributed by atoms with Crippen molar-refractivity contribution in [2.45, 2.75) is 13.8 Å². The van der Waals surface area contributed by atoms with Crippen molar-refractivity contribution in [3.63, 3.8) is 0 Å². The summed E-state index contributed by atoms with van der Waals surface area (Å²) in [5.41, 5.74) is 3.60. The van der Waals surface area contributed by atoms with Gasteiger partial charge in [-0.1, -0.05) is 35.9 Å². The summed E-state index contributed by atoms with van der Waals surface area (Å²) in [6, 6.07) is 16.6. The number of amides is 1. The number of carbonyl (C=O) groups is 1. The topological polar surface area (TPSA) is 90.5 Å². The SMILES string of the molecule is Cc1cc(NC(=O)c2ccccc2C)n(-c2ncnc3c2cnn3-c2cccc(Cl)c2)n1. The van der Waals surface area contributed by atoms with Crippen molar-refractivity contribution >= 4 is 34.4 Å². The Kier molecular flexibility index (Phi) is 4.91. The molecule has 0 aliphatic heterocycles. The average Bonchev–Trinajstić information content (AvgIpc) is 3.37. The van der Waals surface area contributed by atoms with Gasteiger partial charge in [-0.3, -0.25) is 4.79 Å². The zero-order valence-corrected chi connectivity index (χ0v) is 18.1. The zero-order chi connectivity index (χ0) is 22.2. The molecule has 2 aromatic carbocycles. The van der Waals surface area contributed by atoms with E-state index in [2.05, 4.69) is 25.5 Å². The van der Waals surface area contributed by atoms with Crippen LogP contribution in [0.15, 0.2) is 67.1 Å². The minimum absolute atomic E-state index is 0.218. The van der Waals surface area contributed by atoms with E-state index in [1.165, 1.54) is 6.33 Å². The molecule has 5 rings (SSSR count). The molecule has 0 aliphatic carbocycles. The number of aromatic nitrogens is 6. The maximum Gasteiger partial charge on any atom is 0.257 e. The Bertz CT molecular complexity index is 1470. The summed E-state index contributed by atoms with van der Waals surface area (Å²) < 4.78 is 3.29. The number of aryl methyl sites for hydroxylation is 2. The molecule has 9 heteroatoms. The van der Waals surface area contributed by atoms with Gasteiger partial charge in [0.2, 0.25) is 0 Å². The molecule has 1 N–H and O–H groups in total. The maximum absolute atomic E-state index is 12.9. The lowest BCUT2D eigenvalue weighted by molar-refractivity contribution is 0.102. The number of hydrogen-bond donors (Lipinski definition) is 1. The first kappa shape index (κ1) is 19.9. The molecule has 0 saturated carbocycles. The number of halogens is 1. The van der Waals surface area contributed by atoms with E-state index < -0.39 is 0 Å². The summed E-state index contributed by atoms with van der Waals surface area (Å²) in [6.45, 7) is 3.75. The van der Waals surface area contributed by atoms with Gasteiger partial charge >= 0.3 is 0 Å². The molecule has 0 unspecified atom stereocenters. The summed E-state index contributed by atoms with van der Waals surface area (Å²) in [6.07, 6.45) is 3.12. The van der Waals surface area contributed by atoms with E-state index in [0.29, 0.717) is 33.3 Å². The highest BCUT2D eigenvalue weighted by Gasteiger charge is 2.18. The van der Waals surface area contributed by atoms with Crippen LogP contribution >= 0.6 is 11.6 Å². The van der Waals surface area contributed by atoms with Gasteiger partial charge < -0.3 is 5.32 Å². The van der Waals surface area contributed by atoms with Gasteiger partial charge in [0, 0.05) is 16.7 Å². The fourth-order valence-electron chi connectivity index (χ4n) is 3.56. The van der Waals surface area contributed by atoms with E-state index in [1.54, 1.807) is 33.8 Å². The van der Waals surface area contributed by atoms with Crippen LogP contribution in [0, 0.1) is 13.8 Å². The maximum atomic E-state index is 12.9. The smallest absolute Gasteiger partial charge is 0.257 e. The number of nitrogens with zero attached hydrogens (tertiary/aromatic N) is 6. The number of nitrogens with one attached hydrogen (secondary N) is 1. The van der Waals surface area contributed by atoms with Crippen LogP contribution in [0.25, 0.3) is 22.5 Å². The highest BCUT2D eigenvalue weighted by Crippen LogP contribution is 2.25. The van der Waals surface area contributed by atoms with Gasteiger partial charge in [-0.2, -0.15) is 14.9 Å². The third kappa shape index (κ3) is 3.50. The minimum Gasteiger partial charge on any atom is -0.306 e. The highest BCUT2D eigenvalue weighted by atomic mass is 35.5. The van der Waals surface area contributed by atoms with Crippen LogP contribution in [0.2, 0.25) is 5.02 Å². The number of hydrogen-bond acceptors (Lipinski definition) is 5. The molecule has 0 radical (unpaired) electrons. The van der Waals surface area contributed by atoms with E-state index in [-0.39, 0.29) is 5.91 Å². The zero-order valence-electron chi connectivity index (χ0n) is 17.3. The molecule has 0 saturated heterocycles. The molecule has 0 bridgehead atoms. The predicted octanol–water partition coefficient (Wildman–Crippen LogP) is 4.52. The Balaban J connectivity index is 1.58. The lowest BCUT2D eigenvalue weighted by Crippen LogP contribution is -2.16. The molecular formula is C23H18ClN7O. The second kappa shape index (κ2) is 7.90. The fraction of sp³-hybridized carbons (Fsp3) is 0.0870. The highest BCUT2D eigenvalue weighted by molar-refractivity contribution is 6.30. The predicted molar refractivity (Wildman–Crippen MR) is 123 cm³/mol. The van der Waals surface area contributed by atoms with Crippen LogP contribution < -0.4 is 5.32 Å². The van der Waals surface area contributed by atoms with Crippen LogP contribution in [-0.4, -0.2) is 35.4 Å². The van der Waals surface area contributed by atoms with Gasteiger partial charge in [0.25, 0.3) is 5.91 Å². The summed E-state index contributed by atoms with van der Waals surface area (Å²) in [5.74, 6) is 0.798. The van der Waals surface area contributed by atoms with E-state index in [4.69, 9.17) is 11.6 Å². The quantitative estimate of drug-likeness (QED) is 0.441. The second-order valence-electron chi connectivity index (χ2n) is 7.32. The summed E-state index contributed by atoms with van der Waals surface area (Å²) in [7, 11) is 0. The van der Waals surface area contributed by atoms with Gasteiger partial charge in [0.05, 0.1) is 23.0 Å². The van der Waals surface area contributed by atoms with Crippen molar-refractivity contribution < 1.29 is 4.79 Å². The molecule has 158 valence electrons. The van der Waals surface area contributed by atoms with Crippen LogP contribution in [-0.2, 0) is 0 Å². The molecule has 32 heavy (non-hydrogen) atoms. The van der Waals surface area contributed by atoms with E-state index in [0.717, 1.165) is 16.9 Å². The molecule has 0 spiro atoms. The molecule has 0 fully saturated rings. The van der Waals surface area contributed by atoms with Crippen molar-refractivity contribution in [1.29, 1.82) is 0 Å². The first-order valence-electron chi connectivity index (χ1n) is 9.90. The molecule has 5 aromatic rings. The Morgan fingerprint density at radius 1 is 1.00 bits per heavy atom. The monoisotopic (exact) mass is 443 g/mol. The summed E-state index contributed by atoms with van der Waals surface area (Å²) in [5, 5.41) is 13.3. The summed E-state index contributed by atoms with van der Waals surface area (Å²) >= 11 is 6.15. The first-order chi connectivity index (χ1) is 15.5. The Labute approximate surface area is 188 Å². The van der Waals surface area contributed by atoms with Gasteiger partial charge in [0.1, 0.15) is 12.1 Å². The molecule has 1 amide bonds. The molecular weight excluding hydrogens is 426 g/mol. The third-order valence-corrected chi connectivity index (χ3v) is 5.30. The average molecular weight is 444 g/mol. The lowest BCUT2D eigenvalue weighted by atomic mass is 10.1. The Morgan fingerprint density at radius 2 is 1.84 bits per heavy atom. The van der Waals surface area contributed by atoms with Crippen molar-refractivity contribution in [3.8, 4) is 11.5 Å². The van der Waals surface area contributed by atoms with Gasteiger partial charge in [-0.05, 0) is 43.7 Å². The number of benzene rings is 2. The molecule has 0 atom stereocenters. The standard InChI is InChI=1S/C23H18ClN7O/c1-14-6-3-4-9-18(14)23(32)28-20-10-15(2)29-31(20)22-19-12-27-30(21(19)25-13-26-22)17-8-5-7-16(24)11-17/h3-13H,1-2H3,(H,28,32). The van der Waals surface area contributed by atoms with Crippen LogP contribution in [0.3, 0.4) is 0 Å². The minimum atomic E-state index is -0.218. The Morgan fingerprint density at radius 3 is 2.66 bits per heavy atom. The molecule has 0 aliphatic rings. The molecule has 3 heterocycles. The normalized spacial score (nSPS) is 11.1. The third-order valence-electron chi connectivity index (χ3n) is 5.06. The second-order valence-corrected chi connectivity index (χ2v) is 7.76. The number of rotatable bonds is 4. The van der Waals surface area contributed by atoms with Crippen molar-refractivity contribution in [3.05, 3.63) is 89.0 Å². The number of anilines is 1. The van der Waals surface area contributed by atoms with Gasteiger partial charge in [-0.15, -0.1) is 0 Å². The van der Waals surface area contributed by atoms with E-state index in [9.17, 15) is 4.79 Å². The van der Waals surface area contributed by atoms with Crippen molar-refractivity contribution in [2.75, 3.05) is 5.32 Å². The van der Waals surface area contributed by atoms with Crippen LogP contribution in [0.5, 0.6) is 0 Å². The number of carbonyl (C=O) groups excluding carboxylic acids is 1. The molecule has 8 nitrogen and oxygen atoms in total. The van der Waals surface area contributed by atoms with E-state index >= 15 is 0 Å². The summed E-state index contributed by atoms with van der Waals surface area (Å²) in [4.78, 5) is 21.7. The van der Waals surface area contributed by atoms with Gasteiger partial charge in [-0.25, -0.2) is 14.6 Å². The first-order valence-corrected chi connectivity index (χ1v) is 10.3. The number of fused-ring (bicyclic) bond motifs is 1. The fourth-order valence-corrected chi connectivity index (χ4v) is 3.74. The molecule has 3 aromatic heterocycles. The van der Waals surface area contributed by atoms with Crippen molar-refractivity contribution in [1.82, 2.24) is 29.5 Å². The largest absolute Gasteiger partial charge is 0.306 e. The van der Waals surface area contributed by atoms with E-state index in [1.807, 2.05) is 50.2 Å². The van der Waals surface area contributed by atoms with Crippen molar-refractivity contribution in [2.24, 2.45) is 0 Å². The van der Waals surface area contributed by atoms with Crippen LogP contribution in [0.1, 0.15) is 21.6 Å².